The van der Waals surface area contributed by atoms with Gasteiger partial charge in [-0.1, -0.05) is 74.7 Å². The van der Waals surface area contributed by atoms with Gasteiger partial charge in [0.15, 0.2) is 0 Å². The Balaban J connectivity index is 1.72. The van der Waals surface area contributed by atoms with Gasteiger partial charge in [-0.05, 0) is 37.0 Å². The fourth-order valence-electron chi connectivity index (χ4n) is 3.99. The van der Waals surface area contributed by atoms with Crippen molar-refractivity contribution < 1.29 is 9.59 Å². The molecular weight excluding hydrogens is 392 g/mol. The summed E-state index contributed by atoms with van der Waals surface area (Å²) in [6.07, 6.45) is 6.27. The van der Waals surface area contributed by atoms with Gasteiger partial charge in [0, 0.05) is 17.5 Å². The molecule has 0 aliphatic heterocycles. The van der Waals surface area contributed by atoms with Gasteiger partial charge in [-0.15, -0.1) is 11.8 Å². The zero-order valence-corrected chi connectivity index (χ0v) is 18.6. The van der Waals surface area contributed by atoms with Gasteiger partial charge in [-0.25, -0.2) is 0 Å². The Hall–Kier alpha value is -2.27. The second-order valence-corrected chi connectivity index (χ2v) is 8.93. The minimum absolute atomic E-state index is 0.00153. The number of rotatable bonds is 9. The van der Waals surface area contributed by atoms with E-state index < -0.39 is 6.04 Å². The molecule has 0 unspecified atom stereocenters. The average molecular weight is 425 g/mol. The van der Waals surface area contributed by atoms with E-state index in [0.29, 0.717) is 18.7 Å². The van der Waals surface area contributed by atoms with Crippen molar-refractivity contribution in [3.8, 4) is 0 Å². The first-order chi connectivity index (χ1) is 14.7. The fraction of sp³-hybridized carbons (Fsp3) is 0.440. The summed E-state index contributed by atoms with van der Waals surface area (Å²) in [6, 6.07) is 19.7. The van der Waals surface area contributed by atoms with Crippen LogP contribution in [0.2, 0.25) is 0 Å². The Kier molecular flexibility index (Phi) is 8.81. The van der Waals surface area contributed by atoms with Crippen LogP contribution in [0.1, 0.15) is 51.0 Å². The molecule has 1 N–H and O–H groups in total. The normalized spacial score (nSPS) is 15.4. The molecule has 5 heteroatoms. The standard InChI is InChI=1S/C25H32N2O2S/c1-2-23(25(29)26-21-14-8-4-9-15-21)27(18-20-12-6-3-7-13-20)24(28)19-30-22-16-10-5-11-17-22/h3,5-7,10-13,16-17,21,23H,2,4,8-9,14-15,18-19H2,1H3,(H,26,29)/t23-/m0/s1. The largest absolute Gasteiger partial charge is 0.352 e. The van der Waals surface area contributed by atoms with Gasteiger partial charge in [-0.3, -0.25) is 9.59 Å². The zero-order valence-electron chi connectivity index (χ0n) is 17.8. The molecule has 0 heterocycles. The van der Waals surface area contributed by atoms with Crippen molar-refractivity contribution in [2.24, 2.45) is 0 Å². The number of nitrogens with zero attached hydrogens (tertiary/aromatic N) is 1. The molecule has 30 heavy (non-hydrogen) atoms. The van der Waals surface area contributed by atoms with E-state index in [0.717, 1.165) is 23.3 Å². The topological polar surface area (TPSA) is 49.4 Å². The smallest absolute Gasteiger partial charge is 0.243 e. The second kappa shape index (κ2) is 11.8. The zero-order chi connectivity index (χ0) is 21.2. The maximum atomic E-state index is 13.2. The Morgan fingerprint density at radius 3 is 2.27 bits per heavy atom. The Morgan fingerprint density at radius 2 is 1.63 bits per heavy atom. The summed E-state index contributed by atoms with van der Waals surface area (Å²) in [5.74, 6) is 0.307. The van der Waals surface area contributed by atoms with Crippen molar-refractivity contribution in [1.29, 1.82) is 0 Å². The lowest BCUT2D eigenvalue weighted by atomic mass is 9.95. The van der Waals surface area contributed by atoms with Crippen LogP contribution < -0.4 is 5.32 Å². The van der Waals surface area contributed by atoms with Crippen molar-refractivity contribution >= 4 is 23.6 Å². The summed E-state index contributed by atoms with van der Waals surface area (Å²) < 4.78 is 0. The molecule has 1 fully saturated rings. The van der Waals surface area contributed by atoms with Gasteiger partial charge < -0.3 is 10.2 Å². The number of thioether (sulfide) groups is 1. The molecule has 1 aliphatic rings. The molecule has 160 valence electrons. The highest BCUT2D eigenvalue weighted by Crippen LogP contribution is 2.21. The Bertz CT molecular complexity index is 791. The molecule has 1 saturated carbocycles. The van der Waals surface area contributed by atoms with Gasteiger partial charge in [0.1, 0.15) is 6.04 Å². The van der Waals surface area contributed by atoms with E-state index in [2.05, 4.69) is 5.32 Å². The number of nitrogens with one attached hydrogen (secondary N) is 1. The molecule has 1 atom stereocenters. The molecule has 2 aromatic carbocycles. The number of carbonyl (C=O) groups is 2. The predicted molar refractivity (Wildman–Crippen MR) is 123 cm³/mol. The van der Waals surface area contributed by atoms with Gasteiger partial charge in [-0.2, -0.15) is 0 Å². The van der Waals surface area contributed by atoms with Gasteiger partial charge >= 0.3 is 0 Å². The van der Waals surface area contributed by atoms with E-state index in [1.807, 2.05) is 67.6 Å². The van der Waals surface area contributed by atoms with Crippen molar-refractivity contribution in [3.05, 3.63) is 66.2 Å². The van der Waals surface area contributed by atoms with E-state index in [-0.39, 0.29) is 17.9 Å². The van der Waals surface area contributed by atoms with Crippen LogP contribution in [-0.4, -0.2) is 34.6 Å². The Morgan fingerprint density at radius 1 is 1.00 bits per heavy atom. The number of hydrogen-bond acceptors (Lipinski definition) is 3. The molecule has 0 radical (unpaired) electrons. The molecular formula is C25H32N2O2S. The summed E-state index contributed by atoms with van der Waals surface area (Å²) in [7, 11) is 0. The maximum Gasteiger partial charge on any atom is 0.243 e. The van der Waals surface area contributed by atoms with Crippen LogP contribution in [0, 0.1) is 0 Å². The average Bonchev–Trinajstić information content (AvgIpc) is 2.79. The minimum atomic E-state index is -0.448. The van der Waals surface area contributed by atoms with E-state index in [1.54, 1.807) is 4.90 Å². The molecule has 2 aromatic rings. The second-order valence-electron chi connectivity index (χ2n) is 7.88. The van der Waals surface area contributed by atoms with Crippen LogP contribution in [0.15, 0.2) is 65.6 Å². The number of hydrogen-bond donors (Lipinski definition) is 1. The number of amides is 2. The maximum absolute atomic E-state index is 13.2. The third-order valence-electron chi connectivity index (χ3n) is 5.64. The monoisotopic (exact) mass is 424 g/mol. The van der Waals surface area contributed by atoms with Crippen LogP contribution >= 0.6 is 11.8 Å². The molecule has 0 bridgehead atoms. The van der Waals surface area contributed by atoms with E-state index in [1.165, 1.54) is 31.0 Å². The molecule has 4 nitrogen and oxygen atoms in total. The Labute approximate surface area is 184 Å². The first-order valence-corrected chi connectivity index (χ1v) is 12.0. The number of benzene rings is 2. The highest BCUT2D eigenvalue weighted by molar-refractivity contribution is 8.00. The SMILES string of the molecule is CC[C@@H](C(=O)NC1CCCCC1)N(Cc1ccccc1)C(=O)CSc1ccccc1. The van der Waals surface area contributed by atoms with Gasteiger partial charge in [0.05, 0.1) is 5.75 Å². The van der Waals surface area contributed by atoms with Crippen molar-refractivity contribution in [3.63, 3.8) is 0 Å². The lowest BCUT2D eigenvalue weighted by Crippen LogP contribution is -2.52. The van der Waals surface area contributed by atoms with Crippen molar-refractivity contribution in [1.82, 2.24) is 10.2 Å². The molecule has 0 aromatic heterocycles. The summed E-state index contributed by atoms with van der Waals surface area (Å²) in [4.78, 5) is 29.2. The molecule has 2 amide bonds. The quantitative estimate of drug-likeness (QED) is 0.574. The summed E-state index contributed by atoms with van der Waals surface area (Å²) in [6.45, 7) is 2.44. The van der Waals surface area contributed by atoms with E-state index >= 15 is 0 Å². The predicted octanol–water partition coefficient (Wildman–Crippen LogP) is 5.04. The van der Waals surface area contributed by atoms with E-state index in [9.17, 15) is 9.59 Å². The van der Waals surface area contributed by atoms with Crippen LogP contribution in [0.25, 0.3) is 0 Å². The fourth-order valence-corrected chi connectivity index (χ4v) is 4.79. The van der Waals surface area contributed by atoms with Gasteiger partial charge in [0.25, 0.3) is 0 Å². The van der Waals surface area contributed by atoms with Crippen molar-refractivity contribution in [2.75, 3.05) is 5.75 Å². The van der Waals surface area contributed by atoms with Crippen molar-refractivity contribution in [2.45, 2.75) is 69.0 Å². The first kappa shape index (κ1) is 22.4. The van der Waals surface area contributed by atoms with Crippen LogP contribution in [0.5, 0.6) is 0 Å². The molecule has 0 spiro atoms. The summed E-state index contributed by atoms with van der Waals surface area (Å²) in [5, 5.41) is 3.23. The van der Waals surface area contributed by atoms with E-state index in [4.69, 9.17) is 0 Å². The molecule has 1 aliphatic carbocycles. The summed E-state index contributed by atoms with van der Waals surface area (Å²) >= 11 is 1.52. The van der Waals surface area contributed by atoms with Crippen LogP contribution in [0.3, 0.4) is 0 Å². The summed E-state index contributed by atoms with van der Waals surface area (Å²) in [5.41, 5.74) is 1.04. The van der Waals surface area contributed by atoms with Crippen LogP contribution in [-0.2, 0) is 16.1 Å². The highest BCUT2D eigenvalue weighted by atomic mass is 32.2. The third-order valence-corrected chi connectivity index (χ3v) is 6.64. The first-order valence-electron chi connectivity index (χ1n) is 11.0. The minimum Gasteiger partial charge on any atom is -0.352 e. The third kappa shape index (κ3) is 6.63. The molecule has 3 rings (SSSR count). The highest BCUT2D eigenvalue weighted by Gasteiger charge is 2.30. The van der Waals surface area contributed by atoms with Crippen LogP contribution in [0.4, 0.5) is 0 Å². The molecule has 0 saturated heterocycles. The lowest BCUT2D eigenvalue weighted by Gasteiger charge is -2.32. The van der Waals surface area contributed by atoms with Gasteiger partial charge in [0.2, 0.25) is 11.8 Å². The lowest BCUT2D eigenvalue weighted by molar-refractivity contribution is -0.139. The number of carbonyl (C=O) groups excluding carboxylic acids is 2.